The van der Waals surface area contributed by atoms with E-state index < -0.39 is 0 Å². The van der Waals surface area contributed by atoms with Crippen LogP contribution in [0.4, 0.5) is 0 Å². The lowest BCUT2D eigenvalue weighted by Gasteiger charge is -2.21. The summed E-state index contributed by atoms with van der Waals surface area (Å²) in [5.74, 6) is 1.11. The minimum absolute atomic E-state index is 0.258. The largest absolute Gasteiger partial charge is 0.497 e. The van der Waals surface area contributed by atoms with Crippen molar-refractivity contribution in [1.29, 1.82) is 0 Å². The lowest BCUT2D eigenvalue weighted by atomic mass is 10.1. The van der Waals surface area contributed by atoms with Gasteiger partial charge in [-0.25, -0.2) is 0 Å². The first-order valence-electron chi connectivity index (χ1n) is 6.81. The van der Waals surface area contributed by atoms with E-state index in [9.17, 15) is 4.79 Å². The van der Waals surface area contributed by atoms with Crippen LogP contribution >= 0.6 is 0 Å². The Morgan fingerprint density at radius 3 is 2.68 bits per heavy atom. The molecule has 1 aliphatic heterocycles. The van der Waals surface area contributed by atoms with Crippen LogP contribution in [0.15, 0.2) is 24.3 Å². The number of amides is 1. The Morgan fingerprint density at radius 2 is 2.05 bits per heavy atom. The summed E-state index contributed by atoms with van der Waals surface area (Å²) in [5, 5.41) is 3.27. The molecule has 1 fully saturated rings. The molecule has 19 heavy (non-hydrogen) atoms. The minimum Gasteiger partial charge on any atom is -0.497 e. The molecule has 1 aliphatic rings. The van der Waals surface area contributed by atoms with Crippen LogP contribution in [0.5, 0.6) is 5.75 Å². The molecule has 104 valence electrons. The number of benzene rings is 1. The average molecular weight is 262 g/mol. The standard InChI is InChI=1S/C15H22N2O2/c1-16-13-5-8-15(18)17(10-9-13)11-12-3-6-14(19-2)7-4-12/h3-4,6-7,13,16H,5,8-11H2,1-2H3. The highest BCUT2D eigenvalue weighted by atomic mass is 16.5. The van der Waals surface area contributed by atoms with Crippen molar-refractivity contribution in [2.75, 3.05) is 20.7 Å². The molecule has 1 aromatic rings. The Kier molecular flexibility index (Phi) is 4.80. The maximum atomic E-state index is 12.1. The third-order valence-corrected chi connectivity index (χ3v) is 3.75. The van der Waals surface area contributed by atoms with Crippen molar-refractivity contribution in [1.82, 2.24) is 10.2 Å². The molecular formula is C15H22N2O2. The molecule has 0 bridgehead atoms. The van der Waals surface area contributed by atoms with Crippen molar-refractivity contribution in [2.45, 2.75) is 31.8 Å². The summed E-state index contributed by atoms with van der Waals surface area (Å²) in [7, 11) is 3.62. The van der Waals surface area contributed by atoms with Crippen LogP contribution in [0.25, 0.3) is 0 Å². The SMILES string of the molecule is CNC1CCC(=O)N(Cc2ccc(OC)cc2)CC1. The van der Waals surface area contributed by atoms with Gasteiger partial charge < -0.3 is 15.0 Å². The number of carbonyl (C=O) groups excluding carboxylic acids is 1. The fourth-order valence-corrected chi connectivity index (χ4v) is 2.44. The number of likely N-dealkylation sites (tertiary alicyclic amines) is 1. The Balaban J connectivity index is 1.98. The van der Waals surface area contributed by atoms with Gasteiger partial charge in [-0.1, -0.05) is 12.1 Å². The van der Waals surface area contributed by atoms with Gasteiger partial charge >= 0.3 is 0 Å². The van der Waals surface area contributed by atoms with Crippen molar-refractivity contribution in [3.05, 3.63) is 29.8 Å². The molecule has 1 N–H and O–H groups in total. The van der Waals surface area contributed by atoms with Gasteiger partial charge in [-0.3, -0.25) is 4.79 Å². The van der Waals surface area contributed by atoms with Crippen LogP contribution in [-0.2, 0) is 11.3 Å². The van der Waals surface area contributed by atoms with Gasteiger partial charge in [0.2, 0.25) is 5.91 Å². The fraction of sp³-hybridized carbons (Fsp3) is 0.533. The molecule has 1 atom stereocenters. The topological polar surface area (TPSA) is 41.6 Å². The molecule has 1 amide bonds. The summed E-state index contributed by atoms with van der Waals surface area (Å²) >= 11 is 0. The van der Waals surface area contributed by atoms with Gasteiger partial charge in [0.15, 0.2) is 0 Å². The average Bonchev–Trinajstić information content (AvgIpc) is 2.62. The summed E-state index contributed by atoms with van der Waals surface area (Å²) in [4.78, 5) is 14.0. The molecule has 0 radical (unpaired) electrons. The first-order valence-corrected chi connectivity index (χ1v) is 6.81. The lowest BCUT2D eigenvalue weighted by molar-refractivity contribution is -0.131. The number of nitrogens with zero attached hydrogens (tertiary/aromatic N) is 1. The van der Waals surface area contributed by atoms with E-state index in [4.69, 9.17) is 4.74 Å². The van der Waals surface area contributed by atoms with Gasteiger partial charge in [0.25, 0.3) is 0 Å². The molecule has 1 saturated heterocycles. The quantitative estimate of drug-likeness (QED) is 0.899. The third-order valence-electron chi connectivity index (χ3n) is 3.75. The van der Waals surface area contributed by atoms with Gasteiger partial charge in [0, 0.05) is 25.6 Å². The summed E-state index contributed by atoms with van der Waals surface area (Å²) < 4.78 is 5.14. The van der Waals surface area contributed by atoms with Crippen molar-refractivity contribution in [2.24, 2.45) is 0 Å². The van der Waals surface area contributed by atoms with Crippen molar-refractivity contribution in [3.8, 4) is 5.75 Å². The van der Waals surface area contributed by atoms with Gasteiger partial charge in [-0.05, 0) is 37.6 Å². The maximum Gasteiger partial charge on any atom is 0.222 e. The van der Waals surface area contributed by atoms with E-state index in [0.717, 1.165) is 30.7 Å². The van der Waals surface area contributed by atoms with Crippen LogP contribution in [0.2, 0.25) is 0 Å². The zero-order valence-corrected chi connectivity index (χ0v) is 11.7. The van der Waals surface area contributed by atoms with Crippen molar-refractivity contribution in [3.63, 3.8) is 0 Å². The van der Waals surface area contributed by atoms with E-state index in [1.165, 1.54) is 0 Å². The zero-order valence-electron chi connectivity index (χ0n) is 11.7. The number of methoxy groups -OCH3 is 1. The summed E-state index contributed by atoms with van der Waals surface area (Å²) in [6, 6.07) is 8.38. The van der Waals surface area contributed by atoms with Crippen molar-refractivity contribution < 1.29 is 9.53 Å². The zero-order chi connectivity index (χ0) is 13.7. The Hall–Kier alpha value is -1.55. The second-order valence-electron chi connectivity index (χ2n) is 4.98. The predicted molar refractivity (Wildman–Crippen MR) is 75.1 cm³/mol. The van der Waals surface area contributed by atoms with Gasteiger partial charge in [-0.2, -0.15) is 0 Å². The van der Waals surface area contributed by atoms with E-state index in [0.29, 0.717) is 19.0 Å². The number of nitrogens with one attached hydrogen (secondary N) is 1. The van der Waals surface area contributed by atoms with E-state index in [-0.39, 0.29) is 5.91 Å². The van der Waals surface area contributed by atoms with Gasteiger partial charge in [0.1, 0.15) is 5.75 Å². The Bertz CT molecular complexity index is 417. The third kappa shape index (κ3) is 3.70. The molecule has 0 aliphatic carbocycles. The summed E-state index contributed by atoms with van der Waals surface area (Å²) in [6.07, 6.45) is 2.61. The highest BCUT2D eigenvalue weighted by Crippen LogP contribution is 2.17. The second-order valence-corrected chi connectivity index (χ2v) is 4.98. The van der Waals surface area contributed by atoms with E-state index in [1.807, 2.05) is 36.2 Å². The molecule has 1 aromatic carbocycles. The van der Waals surface area contributed by atoms with E-state index in [1.54, 1.807) is 7.11 Å². The monoisotopic (exact) mass is 262 g/mol. The molecule has 4 nitrogen and oxygen atoms in total. The van der Waals surface area contributed by atoms with Crippen molar-refractivity contribution >= 4 is 5.91 Å². The van der Waals surface area contributed by atoms with Crippen LogP contribution < -0.4 is 10.1 Å². The molecule has 1 heterocycles. The van der Waals surface area contributed by atoms with Gasteiger partial charge in [-0.15, -0.1) is 0 Å². The molecule has 4 heteroatoms. The number of hydrogen-bond donors (Lipinski definition) is 1. The second kappa shape index (κ2) is 6.57. The Labute approximate surface area is 114 Å². The normalized spacial score (nSPS) is 20.2. The first-order chi connectivity index (χ1) is 9.22. The molecule has 0 spiro atoms. The van der Waals surface area contributed by atoms with Crippen LogP contribution in [0.3, 0.4) is 0 Å². The molecular weight excluding hydrogens is 240 g/mol. The van der Waals surface area contributed by atoms with Crippen LogP contribution in [-0.4, -0.2) is 37.6 Å². The van der Waals surface area contributed by atoms with Gasteiger partial charge in [0.05, 0.1) is 7.11 Å². The molecule has 1 unspecified atom stereocenters. The highest BCUT2D eigenvalue weighted by Gasteiger charge is 2.21. The lowest BCUT2D eigenvalue weighted by Crippen LogP contribution is -2.30. The highest BCUT2D eigenvalue weighted by molar-refractivity contribution is 5.76. The molecule has 0 saturated carbocycles. The van der Waals surface area contributed by atoms with E-state index >= 15 is 0 Å². The number of ether oxygens (including phenoxy) is 1. The number of rotatable bonds is 4. The summed E-state index contributed by atoms with van der Waals surface area (Å²) in [6.45, 7) is 1.52. The Morgan fingerprint density at radius 1 is 1.32 bits per heavy atom. The van der Waals surface area contributed by atoms with Crippen LogP contribution in [0, 0.1) is 0 Å². The summed E-state index contributed by atoms with van der Waals surface area (Å²) in [5.41, 5.74) is 1.15. The molecule has 2 rings (SSSR count). The molecule has 0 aromatic heterocycles. The predicted octanol–water partition coefficient (Wildman–Crippen LogP) is 1.80. The fourth-order valence-electron chi connectivity index (χ4n) is 2.44. The smallest absolute Gasteiger partial charge is 0.222 e. The minimum atomic E-state index is 0.258. The van der Waals surface area contributed by atoms with Crippen LogP contribution in [0.1, 0.15) is 24.8 Å². The first kappa shape index (κ1) is 13.9. The number of carbonyl (C=O) groups is 1. The maximum absolute atomic E-state index is 12.1. The van der Waals surface area contributed by atoms with E-state index in [2.05, 4.69) is 5.32 Å². The number of hydrogen-bond acceptors (Lipinski definition) is 3.